The van der Waals surface area contributed by atoms with Crippen molar-refractivity contribution in [1.29, 1.82) is 0 Å². The monoisotopic (exact) mass is 542 g/mol. The lowest BCUT2D eigenvalue weighted by molar-refractivity contribution is -0.386. The van der Waals surface area contributed by atoms with Crippen molar-refractivity contribution in [3.8, 4) is 5.75 Å². The van der Waals surface area contributed by atoms with E-state index in [1.807, 2.05) is 0 Å². The van der Waals surface area contributed by atoms with Gasteiger partial charge in [0.15, 0.2) is 11.5 Å². The Kier molecular flexibility index (Phi) is 6.53. The third-order valence-electron chi connectivity index (χ3n) is 5.98. The molecule has 0 unspecified atom stereocenters. The fourth-order valence-corrected chi connectivity index (χ4v) is 5.08. The number of hydrogen-bond acceptors (Lipinski definition) is 8. The fourth-order valence-electron chi connectivity index (χ4n) is 4.06. The number of carbonyl (C=O) groups excluding carboxylic acids is 2. The van der Waals surface area contributed by atoms with Crippen LogP contribution in [0, 0.1) is 17.0 Å². The van der Waals surface area contributed by atoms with Crippen molar-refractivity contribution in [2.75, 3.05) is 5.32 Å². The molecule has 3 N–H and O–H groups in total. The summed E-state index contributed by atoms with van der Waals surface area (Å²) in [5.41, 5.74) is 6.30. The van der Waals surface area contributed by atoms with E-state index in [2.05, 4.69) is 10.3 Å². The van der Waals surface area contributed by atoms with Crippen molar-refractivity contribution >= 4 is 44.7 Å². The Hall–Kier alpha value is -4.39. The summed E-state index contributed by atoms with van der Waals surface area (Å²) >= 11 is 0.836. The van der Waals surface area contributed by atoms with Gasteiger partial charge in [0.1, 0.15) is 27.8 Å². The summed E-state index contributed by atoms with van der Waals surface area (Å²) in [6.07, 6.45) is -1.21. The normalized spacial score (nSPS) is 13.2. The molecule has 1 aliphatic carbocycles. The number of nitrogens with two attached hydrogens (primary N) is 1. The van der Waals surface area contributed by atoms with Crippen LogP contribution < -0.4 is 15.8 Å². The molecule has 10 nitrogen and oxygen atoms in total. The number of furan rings is 1. The summed E-state index contributed by atoms with van der Waals surface area (Å²) in [5, 5.41) is 14.3. The van der Waals surface area contributed by atoms with Gasteiger partial charge in [0.25, 0.3) is 18.2 Å². The first-order chi connectivity index (χ1) is 18.1. The number of fused-ring (bicyclic) bond motifs is 1. The molecule has 3 heterocycles. The molecule has 196 valence electrons. The zero-order valence-electron chi connectivity index (χ0n) is 19.8. The molecule has 2 amide bonds. The average molecular weight is 543 g/mol. The predicted molar refractivity (Wildman–Crippen MR) is 134 cm³/mol. The Labute approximate surface area is 217 Å². The van der Waals surface area contributed by atoms with Gasteiger partial charge >= 0.3 is 5.69 Å². The van der Waals surface area contributed by atoms with Crippen molar-refractivity contribution in [1.82, 2.24) is 4.98 Å². The van der Waals surface area contributed by atoms with Crippen LogP contribution in [0.3, 0.4) is 0 Å². The van der Waals surface area contributed by atoms with E-state index in [0.717, 1.165) is 24.2 Å². The Balaban J connectivity index is 1.41. The van der Waals surface area contributed by atoms with Gasteiger partial charge in [-0.1, -0.05) is 6.07 Å². The second-order valence-corrected chi connectivity index (χ2v) is 9.80. The number of anilines is 1. The van der Waals surface area contributed by atoms with Crippen molar-refractivity contribution in [3.05, 3.63) is 79.7 Å². The number of carbonyl (C=O) groups is 2. The molecule has 1 aromatic carbocycles. The minimum absolute atomic E-state index is 0.0159. The fraction of sp³-hybridized carbons (Fsp3) is 0.240. The third kappa shape index (κ3) is 4.92. The minimum atomic E-state index is -2.79. The molecule has 0 radical (unpaired) electrons. The molecule has 3 aromatic heterocycles. The van der Waals surface area contributed by atoms with E-state index in [1.165, 1.54) is 30.3 Å². The molecule has 0 spiro atoms. The van der Waals surface area contributed by atoms with Gasteiger partial charge in [-0.2, -0.15) is 0 Å². The number of thiophene rings is 1. The maximum Gasteiger partial charge on any atom is 0.311 e. The molecule has 1 saturated carbocycles. The first kappa shape index (κ1) is 25.3. The largest absolute Gasteiger partial charge is 0.479 e. The first-order valence-corrected chi connectivity index (χ1v) is 12.3. The molecule has 0 saturated heterocycles. The number of amides is 2. The van der Waals surface area contributed by atoms with E-state index in [-0.39, 0.29) is 50.9 Å². The molecular formula is C25H20F2N4O6S. The van der Waals surface area contributed by atoms with Crippen LogP contribution in [0.4, 0.5) is 20.2 Å². The molecule has 0 aliphatic heterocycles. The maximum atomic E-state index is 13.4. The number of hydrogen-bond donors (Lipinski definition) is 2. The summed E-state index contributed by atoms with van der Waals surface area (Å²) in [7, 11) is 0. The number of aromatic nitrogens is 1. The van der Waals surface area contributed by atoms with Crippen molar-refractivity contribution in [2.45, 2.75) is 38.7 Å². The average Bonchev–Trinajstić information content (AvgIpc) is 3.49. The number of nitro groups is 1. The second-order valence-electron chi connectivity index (χ2n) is 8.80. The van der Waals surface area contributed by atoms with Crippen LogP contribution in [0.2, 0.25) is 0 Å². The molecule has 13 heteroatoms. The van der Waals surface area contributed by atoms with Gasteiger partial charge in [-0.05, 0) is 61.1 Å². The van der Waals surface area contributed by atoms with Gasteiger partial charge in [-0.3, -0.25) is 19.7 Å². The Morgan fingerprint density at radius 2 is 2.05 bits per heavy atom. The predicted octanol–water partition coefficient (Wildman–Crippen LogP) is 5.85. The lowest BCUT2D eigenvalue weighted by Crippen LogP contribution is -2.16. The van der Waals surface area contributed by atoms with Gasteiger partial charge in [0.2, 0.25) is 0 Å². The summed E-state index contributed by atoms with van der Waals surface area (Å²) in [6, 6.07) is 8.69. The zero-order chi connectivity index (χ0) is 27.1. The second kappa shape index (κ2) is 9.82. The number of rotatable bonds is 9. The van der Waals surface area contributed by atoms with Gasteiger partial charge in [0, 0.05) is 11.5 Å². The number of aryl methyl sites for hydroxylation is 1. The quantitative estimate of drug-likeness (QED) is 0.199. The highest BCUT2D eigenvalue weighted by molar-refractivity contribution is 7.21. The SMILES string of the molecule is Cc1ccc(OCc2ccc(C(=O)Nc3c(C(N)=O)sc4nc(C(F)F)cc(C5CC5)c34)o2)c([N+](=O)[O-])c1. The van der Waals surface area contributed by atoms with Crippen LogP contribution in [0.25, 0.3) is 10.2 Å². The number of halogens is 2. The Bertz CT molecular complexity index is 1590. The number of ether oxygens (including phenoxy) is 1. The van der Waals surface area contributed by atoms with E-state index in [1.54, 1.807) is 13.0 Å². The smallest absolute Gasteiger partial charge is 0.311 e. The van der Waals surface area contributed by atoms with Crippen molar-refractivity contribution in [3.63, 3.8) is 0 Å². The molecular weight excluding hydrogens is 522 g/mol. The van der Waals surface area contributed by atoms with Crippen LogP contribution in [0.1, 0.15) is 68.0 Å². The van der Waals surface area contributed by atoms with Crippen LogP contribution in [0.15, 0.2) is 40.8 Å². The van der Waals surface area contributed by atoms with E-state index in [9.17, 15) is 28.5 Å². The van der Waals surface area contributed by atoms with Crippen molar-refractivity contribution in [2.24, 2.45) is 5.73 Å². The maximum absolute atomic E-state index is 13.4. The molecule has 5 rings (SSSR count). The number of primary amides is 1. The lowest BCUT2D eigenvalue weighted by atomic mass is 10.0. The van der Waals surface area contributed by atoms with Gasteiger partial charge in [0.05, 0.1) is 10.6 Å². The minimum Gasteiger partial charge on any atom is -0.479 e. The summed E-state index contributed by atoms with van der Waals surface area (Å²) in [6.45, 7) is 1.53. The first-order valence-electron chi connectivity index (χ1n) is 11.5. The third-order valence-corrected chi connectivity index (χ3v) is 7.08. The number of benzene rings is 1. The molecule has 0 atom stereocenters. The molecule has 1 fully saturated rings. The highest BCUT2D eigenvalue weighted by Gasteiger charge is 2.32. The molecule has 38 heavy (non-hydrogen) atoms. The van der Waals surface area contributed by atoms with E-state index in [0.29, 0.717) is 16.5 Å². The van der Waals surface area contributed by atoms with Gasteiger partial charge in [-0.25, -0.2) is 13.8 Å². The van der Waals surface area contributed by atoms with Gasteiger partial charge in [-0.15, -0.1) is 11.3 Å². The Morgan fingerprint density at radius 1 is 1.29 bits per heavy atom. The number of nitrogens with one attached hydrogen (secondary N) is 1. The van der Waals surface area contributed by atoms with Crippen LogP contribution >= 0.6 is 11.3 Å². The van der Waals surface area contributed by atoms with E-state index < -0.39 is 28.9 Å². The summed E-state index contributed by atoms with van der Waals surface area (Å²) in [4.78, 5) is 40.1. The zero-order valence-corrected chi connectivity index (χ0v) is 20.6. The Morgan fingerprint density at radius 3 is 2.71 bits per heavy atom. The van der Waals surface area contributed by atoms with Crippen LogP contribution in [-0.2, 0) is 6.61 Å². The number of alkyl halides is 2. The van der Waals surface area contributed by atoms with E-state index >= 15 is 0 Å². The highest BCUT2D eigenvalue weighted by Crippen LogP contribution is 2.48. The topological polar surface area (TPSA) is 151 Å². The number of nitrogens with zero attached hydrogens (tertiary/aromatic N) is 2. The molecule has 0 bridgehead atoms. The van der Waals surface area contributed by atoms with Crippen LogP contribution in [-0.4, -0.2) is 21.7 Å². The summed E-state index contributed by atoms with van der Waals surface area (Å²) < 4.78 is 38.0. The van der Waals surface area contributed by atoms with Crippen molar-refractivity contribution < 1.29 is 32.4 Å². The molecule has 4 aromatic rings. The van der Waals surface area contributed by atoms with Crippen LogP contribution in [0.5, 0.6) is 5.75 Å². The number of nitro benzene ring substituents is 1. The lowest BCUT2D eigenvalue weighted by Gasteiger charge is -2.09. The van der Waals surface area contributed by atoms with E-state index in [4.69, 9.17) is 14.9 Å². The molecule has 1 aliphatic rings. The summed E-state index contributed by atoms with van der Waals surface area (Å²) in [5.74, 6) is -1.39. The standard InChI is InChI=1S/C25H20F2N4O6S/c1-11-2-6-17(16(8-11)31(34)35)36-10-13-5-7-18(37-13)24(33)30-20-19-14(12-3-4-12)9-15(22(26)27)29-25(19)38-21(20)23(28)32/h2,5-9,12,22H,3-4,10H2,1H3,(H2,28,32)(H,30,33). The highest BCUT2D eigenvalue weighted by atomic mass is 32.1. The van der Waals surface area contributed by atoms with Gasteiger partial charge < -0.3 is 20.2 Å². The number of pyridine rings is 1.